The molecule has 0 saturated carbocycles. The number of rotatable bonds is 4. The molecule has 0 radical (unpaired) electrons. The molecule has 124 valence electrons. The van der Waals surface area contributed by atoms with Crippen molar-refractivity contribution in [3.05, 3.63) is 53.1 Å². The van der Waals surface area contributed by atoms with Crippen LogP contribution in [0.1, 0.15) is 17.3 Å². The van der Waals surface area contributed by atoms with Gasteiger partial charge in [-0.3, -0.25) is 4.79 Å². The summed E-state index contributed by atoms with van der Waals surface area (Å²) in [5, 5.41) is 17.9. The molecule has 1 amide bonds. The van der Waals surface area contributed by atoms with Crippen LogP contribution >= 0.6 is 23.8 Å². The van der Waals surface area contributed by atoms with Crippen molar-refractivity contribution in [3.63, 3.8) is 0 Å². The Balaban J connectivity index is 1.99. The summed E-state index contributed by atoms with van der Waals surface area (Å²) < 4.78 is 0. The van der Waals surface area contributed by atoms with E-state index in [1.165, 1.54) is 19.1 Å². The van der Waals surface area contributed by atoms with Crippen LogP contribution in [0.4, 0.5) is 17.1 Å². The lowest BCUT2D eigenvalue weighted by Gasteiger charge is -2.12. The summed E-state index contributed by atoms with van der Waals surface area (Å²) in [4.78, 5) is 21.9. The fraction of sp³-hybridized carbons (Fsp3) is 0.0625. The predicted molar refractivity (Wildman–Crippen MR) is 99.0 cm³/mol. The van der Waals surface area contributed by atoms with Gasteiger partial charge in [-0.15, -0.1) is 0 Å². The van der Waals surface area contributed by atoms with Crippen LogP contribution in [0.3, 0.4) is 0 Å². The van der Waals surface area contributed by atoms with Gasteiger partial charge >= 0.3 is 5.97 Å². The highest BCUT2D eigenvalue weighted by molar-refractivity contribution is 7.80. The Morgan fingerprint density at radius 2 is 1.46 bits per heavy atom. The molecule has 2 aromatic carbocycles. The monoisotopic (exact) mass is 363 g/mol. The van der Waals surface area contributed by atoms with E-state index < -0.39 is 5.97 Å². The second-order valence-electron chi connectivity index (χ2n) is 4.84. The summed E-state index contributed by atoms with van der Waals surface area (Å²) in [6.07, 6.45) is 0. The predicted octanol–water partition coefficient (Wildman–Crippen LogP) is 3.81. The number of amides is 1. The molecule has 6 nitrogen and oxygen atoms in total. The van der Waals surface area contributed by atoms with Crippen LogP contribution in [-0.4, -0.2) is 22.1 Å². The number of benzene rings is 2. The number of nitrogens with one attached hydrogen (secondary N) is 3. The number of hydrogen-bond donors (Lipinski definition) is 4. The summed E-state index contributed by atoms with van der Waals surface area (Å²) >= 11 is 11.1. The number of hydrogen-bond acceptors (Lipinski definition) is 3. The first kappa shape index (κ1) is 17.7. The second kappa shape index (κ2) is 7.76. The van der Waals surface area contributed by atoms with E-state index in [-0.39, 0.29) is 16.5 Å². The minimum absolute atomic E-state index is 0.0228. The van der Waals surface area contributed by atoms with Gasteiger partial charge < -0.3 is 21.1 Å². The van der Waals surface area contributed by atoms with Crippen LogP contribution in [0.15, 0.2) is 42.5 Å². The highest BCUT2D eigenvalue weighted by Crippen LogP contribution is 2.21. The molecule has 0 heterocycles. The number of carboxylic acid groups (broad SMARTS) is 1. The maximum Gasteiger partial charge on any atom is 0.337 e. The maximum atomic E-state index is 11.0. The lowest BCUT2D eigenvalue weighted by Crippen LogP contribution is -2.19. The van der Waals surface area contributed by atoms with Crippen LogP contribution in [0.25, 0.3) is 0 Å². The maximum absolute atomic E-state index is 11.0. The number of anilines is 3. The van der Waals surface area contributed by atoms with Crippen LogP contribution in [0, 0.1) is 0 Å². The molecule has 0 aliphatic carbocycles. The zero-order valence-corrected chi connectivity index (χ0v) is 14.2. The van der Waals surface area contributed by atoms with Gasteiger partial charge in [0.05, 0.1) is 10.6 Å². The Kier molecular flexibility index (Phi) is 5.73. The average molecular weight is 364 g/mol. The van der Waals surface area contributed by atoms with Gasteiger partial charge in [0.25, 0.3) is 0 Å². The molecule has 0 aliphatic rings. The molecule has 0 bridgehead atoms. The third-order valence-electron chi connectivity index (χ3n) is 2.92. The Morgan fingerprint density at radius 1 is 0.958 bits per heavy atom. The van der Waals surface area contributed by atoms with E-state index >= 15 is 0 Å². The molecule has 0 spiro atoms. The van der Waals surface area contributed by atoms with Crippen molar-refractivity contribution in [2.45, 2.75) is 6.92 Å². The first-order chi connectivity index (χ1) is 11.3. The topological polar surface area (TPSA) is 90.5 Å². The van der Waals surface area contributed by atoms with E-state index in [1.807, 2.05) is 0 Å². The van der Waals surface area contributed by atoms with Gasteiger partial charge in [-0.1, -0.05) is 11.6 Å². The number of thiocarbonyl (C=S) groups is 1. The van der Waals surface area contributed by atoms with E-state index in [2.05, 4.69) is 16.0 Å². The Labute approximate surface area is 148 Å². The normalized spacial score (nSPS) is 9.92. The summed E-state index contributed by atoms with van der Waals surface area (Å²) in [6, 6.07) is 11.5. The average Bonchev–Trinajstić information content (AvgIpc) is 2.48. The molecule has 0 aromatic heterocycles. The summed E-state index contributed by atoms with van der Waals surface area (Å²) in [5.41, 5.74) is 2.00. The van der Waals surface area contributed by atoms with E-state index in [1.54, 1.807) is 30.3 Å². The van der Waals surface area contributed by atoms with Crippen LogP contribution in [0.5, 0.6) is 0 Å². The van der Waals surface area contributed by atoms with Gasteiger partial charge in [-0.2, -0.15) is 0 Å². The molecule has 0 unspecified atom stereocenters. The number of carboxylic acids is 1. The standard InChI is InChI=1S/C16H14ClN3O3S/c1-9(21)18-10-2-4-11(5-3-10)19-16(24)20-12-6-7-13(15(22)23)14(17)8-12/h2-8H,1H3,(H,18,21)(H,22,23)(H2,19,20,24). The highest BCUT2D eigenvalue weighted by Gasteiger charge is 2.09. The number of aromatic carboxylic acids is 1. The van der Waals surface area contributed by atoms with Crippen molar-refractivity contribution in [3.8, 4) is 0 Å². The minimum Gasteiger partial charge on any atom is -0.478 e. The Hall–Kier alpha value is -2.64. The highest BCUT2D eigenvalue weighted by atomic mass is 35.5. The van der Waals surface area contributed by atoms with E-state index in [4.69, 9.17) is 28.9 Å². The summed E-state index contributed by atoms with van der Waals surface area (Å²) in [5.74, 6) is -1.24. The molecule has 24 heavy (non-hydrogen) atoms. The number of halogens is 1. The van der Waals surface area contributed by atoms with Crippen LogP contribution in [0.2, 0.25) is 5.02 Å². The van der Waals surface area contributed by atoms with Gasteiger partial charge in [0, 0.05) is 24.0 Å². The molecule has 4 N–H and O–H groups in total. The van der Waals surface area contributed by atoms with Gasteiger partial charge in [0.15, 0.2) is 5.11 Å². The first-order valence-corrected chi connectivity index (χ1v) is 7.62. The largest absolute Gasteiger partial charge is 0.478 e. The number of carbonyl (C=O) groups is 2. The van der Waals surface area contributed by atoms with Crippen LogP contribution < -0.4 is 16.0 Å². The lowest BCUT2D eigenvalue weighted by atomic mass is 10.2. The summed E-state index contributed by atoms with van der Waals surface area (Å²) in [6.45, 7) is 1.44. The second-order valence-corrected chi connectivity index (χ2v) is 5.65. The van der Waals surface area contributed by atoms with Crippen molar-refractivity contribution in [2.75, 3.05) is 16.0 Å². The molecular formula is C16H14ClN3O3S. The first-order valence-electron chi connectivity index (χ1n) is 6.83. The third-order valence-corrected chi connectivity index (χ3v) is 3.44. The summed E-state index contributed by atoms with van der Waals surface area (Å²) in [7, 11) is 0. The third kappa shape index (κ3) is 4.94. The zero-order chi connectivity index (χ0) is 17.7. The molecule has 0 atom stereocenters. The van der Waals surface area contributed by atoms with Gasteiger partial charge in [0.1, 0.15) is 0 Å². The smallest absolute Gasteiger partial charge is 0.337 e. The molecule has 0 saturated heterocycles. The number of carbonyl (C=O) groups excluding carboxylic acids is 1. The zero-order valence-electron chi connectivity index (χ0n) is 12.6. The SMILES string of the molecule is CC(=O)Nc1ccc(NC(=S)Nc2ccc(C(=O)O)c(Cl)c2)cc1. The quantitative estimate of drug-likeness (QED) is 0.618. The molecule has 2 aromatic rings. The fourth-order valence-electron chi connectivity index (χ4n) is 1.90. The van der Waals surface area contributed by atoms with Crippen molar-refractivity contribution in [1.82, 2.24) is 0 Å². The Morgan fingerprint density at radius 3 is 1.96 bits per heavy atom. The molecule has 0 fully saturated rings. The molecule has 8 heteroatoms. The van der Waals surface area contributed by atoms with Crippen molar-refractivity contribution >= 4 is 57.9 Å². The van der Waals surface area contributed by atoms with Crippen molar-refractivity contribution in [2.24, 2.45) is 0 Å². The molecular weight excluding hydrogens is 350 g/mol. The molecule has 0 aliphatic heterocycles. The Bertz CT molecular complexity index is 794. The van der Waals surface area contributed by atoms with Gasteiger partial charge in [-0.25, -0.2) is 4.79 Å². The van der Waals surface area contributed by atoms with E-state index in [0.29, 0.717) is 16.5 Å². The van der Waals surface area contributed by atoms with Crippen LogP contribution in [-0.2, 0) is 4.79 Å². The van der Waals surface area contributed by atoms with Gasteiger partial charge in [0.2, 0.25) is 5.91 Å². The van der Waals surface area contributed by atoms with Crippen molar-refractivity contribution in [1.29, 1.82) is 0 Å². The molecule has 2 rings (SSSR count). The van der Waals surface area contributed by atoms with E-state index in [9.17, 15) is 9.59 Å². The lowest BCUT2D eigenvalue weighted by molar-refractivity contribution is -0.114. The minimum atomic E-state index is -1.09. The van der Waals surface area contributed by atoms with E-state index in [0.717, 1.165) is 5.69 Å². The van der Waals surface area contributed by atoms with Gasteiger partial charge in [-0.05, 0) is 54.7 Å². The fourth-order valence-corrected chi connectivity index (χ4v) is 2.40. The van der Waals surface area contributed by atoms with Crippen molar-refractivity contribution < 1.29 is 14.7 Å².